The lowest BCUT2D eigenvalue weighted by atomic mass is 10.1. The number of aromatic hydroxyl groups is 1. The smallest absolute Gasteiger partial charge is 0.302 e. The topological polar surface area (TPSA) is 65.0 Å². The second-order valence-corrected chi connectivity index (χ2v) is 3.41. The van der Waals surface area contributed by atoms with Crippen LogP contribution < -0.4 is 4.74 Å². The molecule has 0 saturated heterocycles. The average Bonchev–Trinajstić information content (AvgIpc) is 2.28. The maximum atomic E-state index is 10.6. The van der Waals surface area contributed by atoms with Crippen molar-refractivity contribution >= 4 is 5.97 Å². The molecular weight excluding hydrogens is 224 g/mol. The molecule has 5 nitrogen and oxygen atoms in total. The summed E-state index contributed by atoms with van der Waals surface area (Å²) < 4.78 is 14.9. The molecule has 0 aliphatic rings. The predicted molar refractivity (Wildman–Crippen MR) is 60.9 cm³/mol. The summed E-state index contributed by atoms with van der Waals surface area (Å²) in [5.41, 5.74) is 0.767. The molecular formula is C12H16O5. The van der Waals surface area contributed by atoms with Gasteiger partial charge >= 0.3 is 5.97 Å². The lowest BCUT2D eigenvalue weighted by molar-refractivity contribution is -0.140. The Labute approximate surface area is 99.9 Å². The van der Waals surface area contributed by atoms with Gasteiger partial charge in [-0.25, -0.2) is 0 Å². The van der Waals surface area contributed by atoms with Gasteiger partial charge in [0, 0.05) is 26.0 Å². The Hall–Kier alpha value is -1.75. The van der Waals surface area contributed by atoms with Crippen molar-refractivity contribution in [1.82, 2.24) is 0 Å². The summed E-state index contributed by atoms with van der Waals surface area (Å²) >= 11 is 0. The Morgan fingerprint density at radius 2 is 2.18 bits per heavy atom. The Morgan fingerprint density at radius 3 is 2.82 bits per heavy atom. The van der Waals surface area contributed by atoms with Gasteiger partial charge in [-0.05, 0) is 6.07 Å². The summed E-state index contributed by atoms with van der Waals surface area (Å²) in [6.07, 6.45) is 0.479. The molecule has 1 aromatic rings. The average molecular weight is 240 g/mol. The van der Waals surface area contributed by atoms with Crippen molar-refractivity contribution in [2.45, 2.75) is 13.3 Å². The first-order valence-electron chi connectivity index (χ1n) is 5.21. The number of esters is 1. The molecule has 1 aromatic carbocycles. The third-order valence-corrected chi connectivity index (χ3v) is 2.07. The zero-order valence-electron chi connectivity index (χ0n) is 9.93. The molecule has 0 spiro atoms. The molecule has 0 heterocycles. The van der Waals surface area contributed by atoms with Gasteiger partial charge in [-0.15, -0.1) is 0 Å². The van der Waals surface area contributed by atoms with E-state index in [0.717, 1.165) is 5.56 Å². The highest BCUT2D eigenvalue weighted by Gasteiger charge is 2.09. The largest absolute Gasteiger partial charge is 0.504 e. The number of hydrogen-bond acceptors (Lipinski definition) is 5. The minimum Gasteiger partial charge on any atom is -0.504 e. The normalized spacial score (nSPS) is 10.0. The molecule has 0 amide bonds. The Balaban J connectivity index is 2.68. The Morgan fingerprint density at radius 1 is 1.41 bits per heavy atom. The van der Waals surface area contributed by atoms with E-state index in [2.05, 4.69) is 0 Å². The zero-order valence-corrected chi connectivity index (χ0v) is 9.93. The van der Waals surface area contributed by atoms with Gasteiger partial charge in [-0.1, -0.05) is 12.1 Å². The summed E-state index contributed by atoms with van der Waals surface area (Å²) in [6, 6.07) is 5.03. The maximum Gasteiger partial charge on any atom is 0.302 e. The second kappa shape index (κ2) is 6.75. The number of benzene rings is 1. The van der Waals surface area contributed by atoms with Gasteiger partial charge < -0.3 is 19.3 Å². The van der Waals surface area contributed by atoms with Crippen molar-refractivity contribution in [1.29, 1.82) is 0 Å². The van der Waals surface area contributed by atoms with Crippen LogP contribution in [-0.2, 0) is 20.7 Å². The van der Waals surface area contributed by atoms with Crippen LogP contribution in [0.2, 0.25) is 0 Å². The molecule has 0 aliphatic carbocycles. The van der Waals surface area contributed by atoms with Crippen LogP contribution in [0, 0.1) is 0 Å². The maximum absolute atomic E-state index is 10.6. The Bertz CT molecular complexity index is 375. The van der Waals surface area contributed by atoms with Gasteiger partial charge in [0.25, 0.3) is 0 Å². The van der Waals surface area contributed by atoms with E-state index < -0.39 is 0 Å². The zero-order chi connectivity index (χ0) is 12.7. The molecule has 0 saturated carbocycles. The van der Waals surface area contributed by atoms with E-state index in [1.54, 1.807) is 12.1 Å². The first-order chi connectivity index (χ1) is 8.15. The molecule has 1 N–H and O–H groups in total. The van der Waals surface area contributed by atoms with Crippen molar-refractivity contribution in [3.05, 3.63) is 23.8 Å². The Kier molecular flexibility index (Phi) is 5.29. The van der Waals surface area contributed by atoms with E-state index in [1.165, 1.54) is 20.1 Å². The molecule has 5 heteroatoms. The van der Waals surface area contributed by atoms with Crippen molar-refractivity contribution in [2.75, 3.05) is 20.5 Å². The van der Waals surface area contributed by atoms with Gasteiger partial charge in [0.1, 0.15) is 0 Å². The monoisotopic (exact) mass is 240 g/mol. The van der Waals surface area contributed by atoms with Crippen molar-refractivity contribution in [2.24, 2.45) is 0 Å². The van der Waals surface area contributed by atoms with E-state index in [-0.39, 0.29) is 25.1 Å². The lowest BCUT2D eigenvalue weighted by Crippen LogP contribution is -2.06. The first kappa shape index (κ1) is 13.3. The molecule has 1 rings (SSSR count). The summed E-state index contributed by atoms with van der Waals surface area (Å²) in [7, 11) is 1.50. The van der Waals surface area contributed by atoms with Gasteiger partial charge in [-0.2, -0.15) is 0 Å². The molecule has 0 aromatic heterocycles. The highest BCUT2D eigenvalue weighted by atomic mass is 16.7. The fraction of sp³-hybridized carbons (Fsp3) is 0.417. The number of hydrogen-bond donors (Lipinski definition) is 1. The SMILES string of the molecule is COCOc1c(O)cccc1CCOC(C)=O. The van der Waals surface area contributed by atoms with E-state index >= 15 is 0 Å². The third-order valence-electron chi connectivity index (χ3n) is 2.07. The number of rotatable bonds is 6. The van der Waals surface area contributed by atoms with Gasteiger partial charge in [-0.3, -0.25) is 4.79 Å². The summed E-state index contributed by atoms with van der Waals surface area (Å²) in [4.78, 5) is 10.6. The van der Waals surface area contributed by atoms with Crippen LogP contribution in [0.5, 0.6) is 11.5 Å². The molecule has 0 radical (unpaired) electrons. The number of carbonyl (C=O) groups excluding carboxylic acids is 1. The minimum absolute atomic E-state index is 0.0439. The summed E-state index contributed by atoms with van der Waals surface area (Å²) in [5.74, 6) is 0.0772. The van der Waals surface area contributed by atoms with E-state index in [1.807, 2.05) is 0 Å². The van der Waals surface area contributed by atoms with Gasteiger partial charge in [0.2, 0.25) is 0 Å². The van der Waals surface area contributed by atoms with Crippen LogP contribution in [0.4, 0.5) is 0 Å². The van der Waals surface area contributed by atoms with Gasteiger partial charge in [0.05, 0.1) is 6.61 Å². The second-order valence-electron chi connectivity index (χ2n) is 3.41. The van der Waals surface area contributed by atoms with Crippen LogP contribution in [-0.4, -0.2) is 31.6 Å². The van der Waals surface area contributed by atoms with Crippen molar-refractivity contribution in [3.8, 4) is 11.5 Å². The first-order valence-corrected chi connectivity index (χ1v) is 5.21. The predicted octanol–water partition coefficient (Wildman–Crippen LogP) is 1.48. The number of phenolic OH excluding ortho intramolecular Hbond substituents is 1. The van der Waals surface area contributed by atoms with E-state index in [9.17, 15) is 9.90 Å². The van der Waals surface area contributed by atoms with E-state index in [0.29, 0.717) is 12.2 Å². The fourth-order valence-electron chi connectivity index (χ4n) is 1.36. The summed E-state index contributed by atoms with van der Waals surface area (Å²) in [5, 5.41) is 9.64. The standard InChI is InChI=1S/C12H16O5/c1-9(13)16-7-6-10-4-3-5-11(14)12(10)17-8-15-2/h3-5,14H,6-8H2,1-2H3. The van der Waals surface area contributed by atoms with Crippen LogP contribution >= 0.6 is 0 Å². The minimum atomic E-state index is -0.329. The molecule has 0 bridgehead atoms. The molecule has 17 heavy (non-hydrogen) atoms. The molecule has 0 fully saturated rings. The molecule has 0 unspecified atom stereocenters. The lowest BCUT2D eigenvalue weighted by Gasteiger charge is -2.12. The highest BCUT2D eigenvalue weighted by Crippen LogP contribution is 2.30. The van der Waals surface area contributed by atoms with E-state index in [4.69, 9.17) is 14.2 Å². The van der Waals surface area contributed by atoms with Gasteiger partial charge in [0.15, 0.2) is 18.3 Å². The van der Waals surface area contributed by atoms with Crippen LogP contribution in [0.15, 0.2) is 18.2 Å². The molecule has 94 valence electrons. The van der Waals surface area contributed by atoms with Crippen LogP contribution in [0.25, 0.3) is 0 Å². The van der Waals surface area contributed by atoms with Crippen molar-refractivity contribution in [3.63, 3.8) is 0 Å². The summed E-state index contributed by atoms with van der Waals surface area (Å²) in [6.45, 7) is 1.66. The fourth-order valence-corrected chi connectivity index (χ4v) is 1.36. The van der Waals surface area contributed by atoms with Crippen molar-refractivity contribution < 1.29 is 24.1 Å². The molecule has 0 atom stereocenters. The van der Waals surface area contributed by atoms with Crippen LogP contribution in [0.3, 0.4) is 0 Å². The number of methoxy groups -OCH3 is 1. The number of phenols is 1. The van der Waals surface area contributed by atoms with Crippen LogP contribution in [0.1, 0.15) is 12.5 Å². The quantitative estimate of drug-likeness (QED) is 0.602. The number of carbonyl (C=O) groups is 1. The number of ether oxygens (including phenoxy) is 3. The number of para-hydroxylation sites is 1. The third kappa shape index (κ3) is 4.32. The molecule has 0 aliphatic heterocycles. The highest BCUT2D eigenvalue weighted by molar-refractivity contribution is 5.65.